The summed E-state index contributed by atoms with van der Waals surface area (Å²) in [5.74, 6) is 0. The van der Waals surface area contributed by atoms with Gasteiger partial charge in [0.15, 0.2) is 0 Å². The lowest BCUT2D eigenvalue weighted by Gasteiger charge is -2.35. The van der Waals surface area contributed by atoms with Crippen LogP contribution in [-0.2, 0) is 4.79 Å². The number of nitrogens with zero attached hydrogens (tertiary/aromatic N) is 5. The summed E-state index contributed by atoms with van der Waals surface area (Å²) in [5.41, 5.74) is 4.27. The van der Waals surface area contributed by atoms with Crippen molar-refractivity contribution < 1.29 is 9.72 Å². The number of anilines is 2. The topological polar surface area (TPSA) is 82.3 Å². The number of rotatable bonds is 5. The van der Waals surface area contributed by atoms with Crippen molar-refractivity contribution in [3.8, 4) is 0 Å². The molecule has 0 aromatic heterocycles. The minimum atomic E-state index is -0.773. The third-order valence-corrected chi connectivity index (χ3v) is 6.45. The van der Waals surface area contributed by atoms with E-state index in [1.165, 1.54) is 11.1 Å². The summed E-state index contributed by atoms with van der Waals surface area (Å²) in [6, 6.07) is 21.6. The zero-order valence-electron chi connectivity index (χ0n) is 18.9. The second kappa shape index (κ2) is 9.07. The molecule has 3 aromatic carbocycles. The molecule has 3 aromatic rings. The van der Waals surface area contributed by atoms with Crippen molar-refractivity contribution in [3.63, 3.8) is 0 Å². The molecule has 5 rings (SSSR count). The number of hydrogen-bond donors (Lipinski definition) is 0. The number of carbonyl (C=O) groups excluding carboxylic acids is 1. The molecule has 2 aliphatic rings. The maximum absolute atomic E-state index is 12.4. The van der Waals surface area contributed by atoms with Crippen LogP contribution in [0.1, 0.15) is 22.7 Å². The molecule has 34 heavy (non-hydrogen) atoms. The van der Waals surface area contributed by atoms with Gasteiger partial charge in [-0.2, -0.15) is 5.10 Å². The van der Waals surface area contributed by atoms with Crippen molar-refractivity contribution in [1.82, 2.24) is 4.90 Å². The molecular weight excluding hydrogens is 430 g/mol. The highest BCUT2D eigenvalue weighted by molar-refractivity contribution is 6.15. The molecule has 1 fully saturated rings. The van der Waals surface area contributed by atoms with E-state index in [9.17, 15) is 14.9 Å². The van der Waals surface area contributed by atoms with E-state index in [2.05, 4.69) is 16.8 Å². The summed E-state index contributed by atoms with van der Waals surface area (Å²) in [7, 11) is 2.08. The Morgan fingerprint density at radius 2 is 1.68 bits per heavy atom. The highest BCUT2D eigenvalue weighted by Crippen LogP contribution is 2.40. The van der Waals surface area contributed by atoms with E-state index >= 15 is 0 Å². The number of hydrazone groups is 1. The lowest BCUT2D eigenvalue weighted by atomic mass is 9.92. The molecule has 0 saturated carbocycles. The molecular formula is C26H25N5O3. The van der Waals surface area contributed by atoms with E-state index in [0.29, 0.717) is 11.4 Å². The second-order valence-electron chi connectivity index (χ2n) is 8.55. The van der Waals surface area contributed by atoms with Gasteiger partial charge in [-0.05, 0) is 24.7 Å². The molecule has 0 amide bonds. The normalized spacial score (nSPS) is 18.3. The van der Waals surface area contributed by atoms with Gasteiger partial charge < -0.3 is 14.6 Å². The summed E-state index contributed by atoms with van der Waals surface area (Å²) in [5, 5.41) is 18.4. The molecule has 1 unspecified atom stereocenters. The van der Waals surface area contributed by atoms with Gasteiger partial charge in [-0.1, -0.05) is 54.6 Å². The summed E-state index contributed by atoms with van der Waals surface area (Å²) in [6.07, 6.45) is 0.802. The number of nitro groups is 1. The molecule has 2 aliphatic heterocycles. The zero-order valence-corrected chi connectivity index (χ0v) is 18.9. The standard InChI is InChI=1S/C26H25N5O3/c1-28-13-15-29(16-14-28)20-11-12-23(31(33)34)24(17-20)30-25(18-32)21-9-5-6-10-22(21)26(27-30)19-7-3-2-4-8-19/h2-12,17-18,25H,13-16H2,1H3. The number of hydrogen-bond acceptors (Lipinski definition) is 7. The largest absolute Gasteiger partial charge is 0.369 e. The lowest BCUT2D eigenvalue weighted by Crippen LogP contribution is -2.44. The average molecular weight is 456 g/mol. The fraction of sp³-hybridized carbons (Fsp3) is 0.231. The van der Waals surface area contributed by atoms with Crippen molar-refractivity contribution in [2.45, 2.75) is 6.04 Å². The van der Waals surface area contributed by atoms with Crippen molar-refractivity contribution in [3.05, 3.63) is 99.6 Å². The second-order valence-corrected chi connectivity index (χ2v) is 8.55. The summed E-state index contributed by atoms with van der Waals surface area (Å²) >= 11 is 0. The predicted molar refractivity (Wildman–Crippen MR) is 133 cm³/mol. The fourth-order valence-electron chi connectivity index (χ4n) is 4.58. The molecule has 1 atom stereocenters. The Labute approximate surface area is 197 Å². The molecule has 8 heteroatoms. The Morgan fingerprint density at radius 1 is 0.971 bits per heavy atom. The maximum atomic E-state index is 12.4. The monoisotopic (exact) mass is 455 g/mol. The summed E-state index contributed by atoms with van der Waals surface area (Å²) < 4.78 is 0. The maximum Gasteiger partial charge on any atom is 0.294 e. The first-order valence-corrected chi connectivity index (χ1v) is 11.3. The van der Waals surface area contributed by atoms with Crippen molar-refractivity contribution in [2.75, 3.05) is 43.1 Å². The van der Waals surface area contributed by atoms with Crippen LogP contribution in [0.2, 0.25) is 0 Å². The SMILES string of the molecule is CN1CCN(c2ccc([N+](=O)[O-])c(N3N=C(c4ccccc4)c4ccccc4C3C=O)c2)CC1. The predicted octanol–water partition coefficient (Wildman–Crippen LogP) is 3.86. The van der Waals surface area contributed by atoms with Crippen LogP contribution >= 0.6 is 0 Å². The third kappa shape index (κ3) is 3.92. The molecule has 8 nitrogen and oxygen atoms in total. The number of piperazine rings is 1. The minimum absolute atomic E-state index is 0.0831. The van der Waals surface area contributed by atoms with Crippen molar-refractivity contribution >= 4 is 29.1 Å². The Kier molecular flexibility index (Phi) is 5.81. The van der Waals surface area contributed by atoms with Crippen LogP contribution in [0.3, 0.4) is 0 Å². The first-order valence-electron chi connectivity index (χ1n) is 11.3. The average Bonchev–Trinajstić information content (AvgIpc) is 2.88. The quantitative estimate of drug-likeness (QED) is 0.330. The molecule has 172 valence electrons. The van der Waals surface area contributed by atoms with E-state index in [0.717, 1.165) is 54.8 Å². The van der Waals surface area contributed by atoms with Gasteiger partial charge in [0, 0.05) is 49.1 Å². The number of fused-ring (bicyclic) bond motifs is 1. The molecule has 0 N–H and O–H groups in total. The van der Waals surface area contributed by atoms with Gasteiger partial charge in [0.05, 0.1) is 10.6 Å². The van der Waals surface area contributed by atoms with Gasteiger partial charge in [-0.3, -0.25) is 10.1 Å². The minimum Gasteiger partial charge on any atom is -0.369 e. The van der Waals surface area contributed by atoms with Crippen LogP contribution in [0.4, 0.5) is 17.1 Å². The van der Waals surface area contributed by atoms with Gasteiger partial charge in [0.1, 0.15) is 18.0 Å². The Hall–Kier alpha value is -4.04. The summed E-state index contributed by atoms with van der Waals surface area (Å²) in [4.78, 5) is 28.4. The lowest BCUT2D eigenvalue weighted by molar-refractivity contribution is -0.384. The van der Waals surface area contributed by atoms with E-state index in [4.69, 9.17) is 5.10 Å². The molecule has 0 spiro atoms. The van der Waals surface area contributed by atoms with Crippen LogP contribution < -0.4 is 9.91 Å². The van der Waals surface area contributed by atoms with Crippen molar-refractivity contribution in [1.29, 1.82) is 0 Å². The van der Waals surface area contributed by atoms with Gasteiger partial charge in [-0.25, -0.2) is 5.01 Å². The van der Waals surface area contributed by atoms with Crippen LogP contribution in [0.15, 0.2) is 77.9 Å². The first-order chi connectivity index (χ1) is 16.6. The number of nitro benzene ring substituents is 1. The highest BCUT2D eigenvalue weighted by atomic mass is 16.6. The number of benzene rings is 3. The molecule has 0 bridgehead atoms. The highest BCUT2D eigenvalue weighted by Gasteiger charge is 2.34. The number of aldehydes is 1. The molecule has 0 aliphatic carbocycles. The van der Waals surface area contributed by atoms with Gasteiger partial charge in [0.25, 0.3) is 5.69 Å². The molecule has 0 radical (unpaired) electrons. The van der Waals surface area contributed by atoms with E-state index in [1.54, 1.807) is 12.1 Å². The van der Waals surface area contributed by atoms with E-state index in [-0.39, 0.29) is 5.69 Å². The summed E-state index contributed by atoms with van der Waals surface area (Å²) in [6.45, 7) is 3.48. The number of likely N-dealkylation sites (N-methyl/N-ethyl adjacent to an activating group) is 1. The van der Waals surface area contributed by atoms with E-state index < -0.39 is 11.0 Å². The molecule has 1 saturated heterocycles. The van der Waals surface area contributed by atoms with Crippen LogP contribution in [0, 0.1) is 10.1 Å². The van der Waals surface area contributed by atoms with E-state index in [1.807, 2.05) is 54.6 Å². The van der Waals surface area contributed by atoms with Gasteiger partial charge in [-0.15, -0.1) is 0 Å². The number of carbonyl (C=O) groups is 1. The Bertz CT molecular complexity index is 1250. The Balaban J connectivity index is 1.67. The zero-order chi connectivity index (χ0) is 23.7. The molecule has 2 heterocycles. The van der Waals surface area contributed by atoms with Crippen LogP contribution in [0.5, 0.6) is 0 Å². The fourth-order valence-corrected chi connectivity index (χ4v) is 4.58. The van der Waals surface area contributed by atoms with Crippen LogP contribution in [-0.4, -0.2) is 55.0 Å². The third-order valence-electron chi connectivity index (χ3n) is 6.45. The van der Waals surface area contributed by atoms with Crippen LogP contribution in [0.25, 0.3) is 0 Å². The van der Waals surface area contributed by atoms with Gasteiger partial charge >= 0.3 is 0 Å². The van der Waals surface area contributed by atoms with Gasteiger partial charge in [0.2, 0.25) is 0 Å². The first kappa shape index (κ1) is 21.8. The van der Waals surface area contributed by atoms with Crippen molar-refractivity contribution in [2.24, 2.45) is 5.10 Å². The Morgan fingerprint density at radius 3 is 2.38 bits per heavy atom. The smallest absolute Gasteiger partial charge is 0.294 e.